The van der Waals surface area contributed by atoms with Gasteiger partial charge in [-0.25, -0.2) is 4.39 Å². The van der Waals surface area contributed by atoms with E-state index in [9.17, 15) is 17.6 Å². The molecule has 0 saturated carbocycles. The summed E-state index contributed by atoms with van der Waals surface area (Å²) >= 11 is 0. The summed E-state index contributed by atoms with van der Waals surface area (Å²) in [5.41, 5.74) is -0.991. The molecule has 0 nitrogen and oxygen atoms in total. The monoisotopic (exact) mass is 321 g/mol. The van der Waals surface area contributed by atoms with Crippen LogP contribution in [0, 0.1) is 12.7 Å². The molecule has 0 spiro atoms. The van der Waals surface area contributed by atoms with Crippen molar-refractivity contribution in [2.24, 2.45) is 0 Å². The number of alkyl halides is 3. The molecule has 0 atom stereocenters. The third-order valence-corrected chi connectivity index (χ3v) is 1.28. The van der Waals surface area contributed by atoms with Gasteiger partial charge in [0, 0.05) is 25.0 Å². The van der Waals surface area contributed by atoms with E-state index in [0.29, 0.717) is 6.07 Å². The molecule has 76 valence electrons. The van der Waals surface area contributed by atoms with Gasteiger partial charge in [0.2, 0.25) is 0 Å². The average molecular weight is 323 g/mol. The molecule has 0 unspecified atom stereocenters. The van der Waals surface area contributed by atoms with Gasteiger partial charge >= 0.3 is 6.18 Å². The number of hydrogen-bond acceptors (Lipinski definition) is 0. The second kappa shape index (κ2) is 5.71. The fourth-order valence-electron chi connectivity index (χ4n) is 0.814. The first-order valence-corrected chi connectivity index (χ1v) is 3.09. The summed E-state index contributed by atoms with van der Waals surface area (Å²) in [5.74, 6) is -0.921. The van der Waals surface area contributed by atoms with E-state index in [0.717, 1.165) is 12.1 Å². The molecule has 1 aromatic carbocycles. The van der Waals surface area contributed by atoms with E-state index in [2.05, 4.69) is 6.92 Å². The normalized spacial score (nSPS) is 10.0. The van der Waals surface area contributed by atoms with E-state index in [4.69, 9.17) is 0 Å². The van der Waals surface area contributed by atoms with Crippen LogP contribution in [0.4, 0.5) is 17.6 Å². The Morgan fingerprint density at radius 1 is 1.07 bits per heavy atom. The maximum absolute atomic E-state index is 12.4. The predicted molar refractivity (Wildman–Crippen MR) is 46.2 cm³/mol. The van der Waals surface area contributed by atoms with Crippen molar-refractivity contribution in [3.63, 3.8) is 0 Å². The first kappa shape index (κ1) is 16.3. The third kappa shape index (κ3) is 4.42. The molecule has 0 heterocycles. The standard InChI is InChI=1S/C8H5F4.BrH.Zn/c1-5-2-6(8(10,11)12)4-7(9)3-5;;/h2-4H,1H2;1H;/q-1;;. The summed E-state index contributed by atoms with van der Waals surface area (Å²) in [6, 6.07) is 2.17. The Morgan fingerprint density at radius 3 is 1.93 bits per heavy atom. The van der Waals surface area contributed by atoms with Gasteiger partial charge in [0.25, 0.3) is 0 Å². The van der Waals surface area contributed by atoms with Crippen LogP contribution in [0.1, 0.15) is 11.1 Å². The molecule has 6 heteroatoms. The Hall–Kier alpha value is -0.0866. The quantitative estimate of drug-likeness (QED) is 0.389. The van der Waals surface area contributed by atoms with Crippen LogP contribution in [0.5, 0.6) is 0 Å². The largest absolute Gasteiger partial charge is 0.405 e. The van der Waals surface area contributed by atoms with Gasteiger partial charge in [0.1, 0.15) is 0 Å². The van der Waals surface area contributed by atoms with Crippen LogP contribution in [-0.4, -0.2) is 0 Å². The van der Waals surface area contributed by atoms with E-state index in [1.807, 2.05) is 0 Å². The summed E-state index contributed by atoms with van der Waals surface area (Å²) in [5, 5.41) is 0. The molecule has 0 aliphatic heterocycles. The van der Waals surface area contributed by atoms with Crippen molar-refractivity contribution in [2.45, 2.75) is 6.18 Å². The van der Waals surface area contributed by atoms with Gasteiger partial charge in [-0.3, -0.25) is 0 Å². The minimum absolute atomic E-state index is 0. The van der Waals surface area contributed by atoms with E-state index in [1.165, 1.54) is 0 Å². The number of rotatable bonds is 0. The summed E-state index contributed by atoms with van der Waals surface area (Å²) in [6.45, 7) is 3.22. The summed E-state index contributed by atoms with van der Waals surface area (Å²) in [6.07, 6.45) is -4.51. The summed E-state index contributed by atoms with van der Waals surface area (Å²) in [4.78, 5) is 0. The molecule has 0 aliphatic rings. The molecule has 0 fully saturated rings. The number of benzene rings is 1. The van der Waals surface area contributed by atoms with Crippen molar-refractivity contribution in [2.75, 3.05) is 0 Å². The minimum Gasteiger partial charge on any atom is -0.221 e. The first-order chi connectivity index (χ1) is 5.39. The van der Waals surface area contributed by atoms with Crippen LogP contribution in [-0.2, 0) is 25.7 Å². The third-order valence-electron chi connectivity index (χ3n) is 1.28. The minimum atomic E-state index is -4.51. The first-order valence-electron chi connectivity index (χ1n) is 3.09. The Balaban J connectivity index is 0. The molecular formula is C8H6BrF4Zn-. The zero-order chi connectivity index (χ0) is 9.35. The van der Waals surface area contributed by atoms with Crippen LogP contribution in [0.3, 0.4) is 0 Å². The van der Waals surface area contributed by atoms with Gasteiger partial charge in [-0.05, 0) is 6.07 Å². The molecule has 0 saturated heterocycles. The molecule has 1 rings (SSSR count). The van der Waals surface area contributed by atoms with Crippen LogP contribution in [0.15, 0.2) is 18.2 Å². The number of halogens is 5. The van der Waals surface area contributed by atoms with E-state index in [-0.39, 0.29) is 42.0 Å². The van der Waals surface area contributed by atoms with Crippen LogP contribution in [0.2, 0.25) is 0 Å². The Bertz CT molecular complexity index is 278. The Kier molecular flexibility index (Phi) is 6.67. The molecule has 0 aromatic heterocycles. The topological polar surface area (TPSA) is 0 Å². The molecule has 0 bridgehead atoms. The Morgan fingerprint density at radius 2 is 1.57 bits per heavy atom. The molecule has 1 aromatic rings. The van der Waals surface area contributed by atoms with Crippen molar-refractivity contribution >= 4 is 17.0 Å². The SMILES string of the molecule is Br.[CH2-]c1cc(F)cc(C(F)(F)F)c1.[Zn]. The van der Waals surface area contributed by atoms with Crippen LogP contribution in [0.25, 0.3) is 0 Å². The summed E-state index contributed by atoms with van der Waals surface area (Å²) in [7, 11) is 0. The predicted octanol–water partition coefficient (Wildman–Crippen LogP) is 3.60. The molecule has 14 heavy (non-hydrogen) atoms. The molecule has 0 aliphatic carbocycles. The van der Waals surface area contributed by atoms with Gasteiger partial charge < -0.3 is 0 Å². The second-order valence-corrected chi connectivity index (χ2v) is 2.35. The zero-order valence-corrected chi connectivity index (χ0v) is 11.7. The maximum atomic E-state index is 12.4. The zero-order valence-electron chi connectivity index (χ0n) is 7.07. The van der Waals surface area contributed by atoms with Crippen LogP contribution < -0.4 is 0 Å². The van der Waals surface area contributed by atoms with Crippen LogP contribution >= 0.6 is 17.0 Å². The smallest absolute Gasteiger partial charge is 0.221 e. The van der Waals surface area contributed by atoms with Gasteiger partial charge in [0.15, 0.2) is 0 Å². The van der Waals surface area contributed by atoms with Crippen molar-refractivity contribution in [3.05, 3.63) is 42.1 Å². The fraction of sp³-hybridized carbons (Fsp3) is 0.125. The van der Waals surface area contributed by atoms with Crippen molar-refractivity contribution in [1.29, 1.82) is 0 Å². The van der Waals surface area contributed by atoms with Crippen molar-refractivity contribution in [3.8, 4) is 0 Å². The Labute approximate surface area is 102 Å². The fourth-order valence-corrected chi connectivity index (χ4v) is 0.814. The van der Waals surface area contributed by atoms with Gasteiger partial charge in [-0.2, -0.15) is 31.7 Å². The molecule has 0 N–H and O–H groups in total. The van der Waals surface area contributed by atoms with Gasteiger partial charge in [-0.15, -0.1) is 23.0 Å². The second-order valence-electron chi connectivity index (χ2n) is 2.35. The molecular weight excluding hydrogens is 317 g/mol. The molecule has 0 amide bonds. The summed E-state index contributed by atoms with van der Waals surface area (Å²) < 4.78 is 48.3. The van der Waals surface area contributed by atoms with E-state index in [1.54, 1.807) is 0 Å². The van der Waals surface area contributed by atoms with E-state index >= 15 is 0 Å². The molecule has 0 radical (unpaired) electrons. The average Bonchev–Trinajstić information content (AvgIpc) is 1.82. The van der Waals surface area contributed by atoms with E-state index < -0.39 is 17.6 Å². The van der Waals surface area contributed by atoms with Gasteiger partial charge in [0.05, 0.1) is 5.82 Å². The van der Waals surface area contributed by atoms with Crippen molar-refractivity contribution in [1.82, 2.24) is 0 Å². The van der Waals surface area contributed by atoms with Crippen molar-refractivity contribution < 1.29 is 37.0 Å². The maximum Gasteiger partial charge on any atom is 0.405 e. The van der Waals surface area contributed by atoms with Gasteiger partial charge in [-0.1, -0.05) is 0 Å². The number of hydrogen-bond donors (Lipinski definition) is 0.